The zero-order chi connectivity index (χ0) is 17.9. The summed E-state index contributed by atoms with van der Waals surface area (Å²) in [6.45, 7) is 3.61. The van der Waals surface area contributed by atoms with Gasteiger partial charge in [-0.1, -0.05) is 6.08 Å². The highest BCUT2D eigenvalue weighted by molar-refractivity contribution is 8.14. The predicted octanol–water partition coefficient (Wildman–Crippen LogP) is 1.93. The van der Waals surface area contributed by atoms with Gasteiger partial charge in [0, 0.05) is 19.8 Å². The van der Waals surface area contributed by atoms with Crippen LogP contribution < -0.4 is 11.2 Å². The molecule has 0 radical (unpaired) electrons. The van der Waals surface area contributed by atoms with Crippen molar-refractivity contribution < 1.29 is 9.50 Å². The molecule has 1 aromatic heterocycles. The largest absolute Gasteiger partial charge is 0.494 e. The third-order valence-electron chi connectivity index (χ3n) is 3.24. The van der Waals surface area contributed by atoms with Crippen LogP contribution in [0.25, 0.3) is 0 Å². The molecule has 0 amide bonds. The second-order valence-electron chi connectivity index (χ2n) is 4.90. The molecule has 24 heavy (non-hydrogen) atoms. The Morgan fingerprint density at radius 1 is 1.29 bits per heavy atom. The lowest BCUT2D eigenvalue weighted by molar-refractivity contribution is 0.410. The Morgan fingerprint density at radius 2 is 1.92 bits per heavy atom. The molecule has 8 heteroatoms. The van der Waals surface area contributed by atoms with Crippen molar-refractivity contribution >= 4 is 22.5 Å². The van der Waals surface area contributed by atoms with Gasteiger partial charge in [-0.3, -0.25) is 13.9 Å². The summed E-state index contributed by atoms with van der Waals surface area (Å²) in [4.78, 5) is 28.6. The first-order chi connectivity index (χ1) is 11.4. The molecule has 126 valence electrons. The van der Waals surface area contributed by atoms with Crippen LogP contribution in [0.3, 0.4) is 0 Å². The van der Waals surface area contributed by atoms with E-state index >= 15 is 0 Å². The normalized spacial score (nSPS) is 11.5. The number of thioether (sulfide) groups is 1. The summed E-state index contributed by atoms with van der Waals surface area (Å²) in [5.74, 6) is -0.443. The fourth-order valence-corrected chi connectivity index (χ4v) is 2.72. The van der Waals surface area contributed by atoms with Crippen LogP contribution in [0.4, 0.5) is 10.1 Å². The maximum absolute atomic E-state index is 13.0. The number of halogens is 1. The lowest BCUT2D eigenvalue weighted by atomic mass is 10.3. The Balaban J connectivity index is 2.70. The highest BCUT2D eigenvalue weighted by Gasteiger charge is 2.20. The monoisotopic (exact) mass is 349 g/mol. The first-order valence-electron chi connectivity index (χ1n) is 6.94. The van der Waals surface area contributed by atoms with Crippen molar-refractivity contribution in [2.45, 2.75) is 0 Å². The van der Waals surface area contributed by atoms with Crippen molar-refractivity contribution in [2.75, 3.05) is 5.75 Å². The molecule has 1 aromatic carbocycles. The zero-order valence-electron chi connectivity index (χ0n) is 13.2. The van der Waals surface area contributed by atoms with Gasteiger partial charge < -0.3 is 5.11 Å². The minimum atomic E-state index is -0.659. The highest BCUT2D eigenvalue weighted by atomic mass is 32.2. The van der Waals surface area contributed by atoms with Crippen LogP contribution in [-0.4, -0.2) is 25.0 Å². The quantitative estimate of drug-likeness (QED) is 0.520. The van der Waals surface area contributed by atoms with Crippen LogP contribution >= 0.6 is 11.8 Å². The van der Waals surface area contributed by atoms with E-state index in [4.69, 9.17) is 0 Å². The molecule has 1 N–H and O–H groups in total. The molecule has 0 aliphatic carbocycles. The number of hydrogen-bond acceptors (Lipinski definition) is 5. The Kier molecular flexibility index (Phi) is 5.40. The molecule has 0 atom stereocenters. The van der Waals surface area contributed by atoms with Gasteiger partial charge in [-0.05, 0) is 24.3 Å². The van der Waals surface area contributed by atoms with Crippen LogP contribution in [0.5, 0.6) is 5.88 Å². The van der Waals surface area contributed by atoms with Crippen LogP contribution in [0, 0.1) is 5.82 Å². The van der Waals surface area contributed by atoms with Gasteiger partial charge in [0.2, 0.25) is 5.88 Å². The van der Waals surface area contributed by atoms with Crippen molar-refractivity contribution in [1.82, 2.24) is 9.13 Å². The van der Waals surface area contributed by atoms with E-state index in [0.717, 1.165) is 9.13 Å². The summed E-state index contributed by atoms with van der Waals surface area (Å²) in [6.07, 6.45) is 1.62. The van der Waals surface area contributed by atoms with E-state index in [1.807, 2.05) is 0 Å². The topological polar surface area (TPSA) is 76.6 Å². The summed E-state index contributed by atoms with van der Waals surface area (Å²) in [7, 11) is 2.68. The average Bonchev–Trinajstić information content (AvgIpc) is 2.58. The lowest BCUT2D eigenvalue weighted by Crippen LogP contribution is -2.39. The Bertz CT molecular complexity index is 914. The number of nitrogens with zero attached hydrogens (tertiary/aromatic N) is 3. The number of hydrogen-bond donors (Lipinski definition) is 1. The fraction of sp³-hybridized carbons (Fsp3) is 0.188. The van der Waals surface area contributed by atoms with E-state index in [-0.39, 0.29) is 10.6 Å². The number of aromatic hydroxyl groups is 1. The van der Waals surface area contributed by atoms with E-state index in [2.05, 4.69) is 11.6 Å². The van der Waals surface area contributed by atoms with Crippen molar-refractivity contribution in [3.63, 3.8) is 0 Å². The molecule has 0 aliphatic heterocycles. The number of aliphatic imine (C=N–C) groups is 1. The maximum atomic E-state index is 13.0. The summed E-state index contributed by atoms with van der Waals surface area (Å²) in [6, 6.07) is 5.39. The molecule has 0 spiro atoms. The van der Waals surface area contributed by atoms with Crippen LogP contribution in [0.1, 0.15) is 5.56 Å². The molecule has 1 heterocycles. The van der Waals surface area contributed by atoms with Gasteiger partial charge in [0.15, 0.2) is 0 Å². The molecular formula is C16H16FN3O3S. The molecule has 0 fully saturated rings. The zero-order valence-corrected chi connectivity index (χ0v) is 14.0. The van der Waals surface area contributed by atoms with Gasteiger partial charge in [0.05, 0.1) is 5.69 Å². The number of benzene rings is 1. The van der Waals surface area contributed by atoms with Gasteiger partial charge in [0.1, 0.15) is 16.4 Å². The molecule has 0 bridgehead atoms. The van der Waals surface area contributed by atoms with Gasteiger partial charge in [-0.15, -0.1) is 18.3 Å². The SMILES string of the molecule is C=CCSC(=Nc1ccc(F)cc1)c1c(O)n(C)c(=O)n(C)c1=O. The average molecular weight is 349 g/mol. The minimum absolute atomic E-state index is 0.0872. The summed E-state index contributed by atoms with van der Waals surface area (Å²) >= 11 is 1.17. The summed E-state index contributed by atoms with van der Waals surface area (Å²) < 4.78 is 14.9. The Labute approximate surface area is 141 Å². The minimum Gasteiger partial charge on any atom is -0.494 e. The van der Waals surface area contributed by atoms with Gasteiger partial charge >= 0.3 is 5.69 Å². The first kappa shape index (κ1) is 17.7. The molecule has 0 unspecified atom stereocenters. The van der Waals surface area contributed by atoms with Crippen LogP contribution in [-0.2, 0) is 14.1 Å². The first-order valence-corrected chi connectivity index (χ1v) is 7.92. The third kappa shape index (κ3) is 3.48. The fourth-order valence-electron chi connectivity index (χ4n) is 1.95. The van der Waals surface area contributed by atoms with Crippen molar-refractivity contribution in [3.8, 4) is 5.88 Å². The van der Waals surface area contributed by atoms with Crippen molar-refractivity contribution in [2.24, 2.45) is 19.1 Å². The van der Waals surface area contributed by atoms with Gasteiger partial charge in [-0.2, -0.15) is 0 Å². The summed E-state index contributed by atoms with van der Waals surface area (Å²) in [5.41, 5.74) is -0.974. The van der Waals surface area contributed by atoms with Crippen LogP contribution in [0.2, 0.25) is 0 Å². The lowest BCUT2D eigenvalue weighted by Gasteiger charge is -2.11. The number of rotatable bonds is 4. The molecular weight excluding hydrogens is 333 g/mol. The Morgan fingerprint density at radius 3 is 2.50 bits per heavy atom. The van der Waals surface area contributed by atoms with E-state index < -0.39 is 22.9 Å². The van der Waals surface area contributed by atoms with Crippen molar-refractivity contribution in [1.29, 1.82) is 0 Å². The standard InChI is InChI=1S/C16H16FN3O3S/c1-4-9-24-13(18-11-7-5-10(17)6-8-11)12-14(21)19(2)16(23)20(3)15(12)22/h4-8,21H,1,9H2,2-3H3. The van der Waals surface area contributed by atoms with E-state index in [1.165, 1.54) is 50.1 Å². The summed E-state index contributed by atoms with van der Waals surface area (Å²) in [5, 5.41) is 10.5. The van der Waals surface area contributed by atoms with Gasteiger partial charge in [0.25, 0.3) is 5.56 Å². The second-order valence-corrected chi connectivity index (χ2v) is 5.91. The van der Waals surface area contributed by atoms with Crippen LogP contribution in [0.15, 0.2) is 51.5 Å². The molecule has 6 nitrogen and oxygen atoms in total. The van der Waals surface area contributed by atoms with Gasteiger partial charge in [-0.25, -0.2) is 14.2 Å². The van der Waals surface area contributed by atoms with E-state index in [0.29, 0.717) is 11.4 Å². The van der Waals surface area contributed by atoms with E-state index in [9.17, 15) is 19.1 Å². The van der Waals surface area contributed by atoms with E-state index in [1.54, 1.807) is 6.08 Å². The van der Waals surface area contributed by atoms with Crippen molar-refractivity contribution in [3.05, 3.63) is 69.1 Å². The predicted molar refractivity (Wildman–Crippen MR) is 93.8 cm³/mol. The molecule has 2 aromatic rings. The number of aromatic nitrogens is 2. The third-order valence-corrected chi connectivity index (χ3v) is 4.21. The highest BCUT2D eigenvalue weighted by Crippen LogP contribution is 2.23. The molecule has 2 rings (SSSR count). The second kappa shape index (κ2) is 7.31. The molecule has 0 saturated carbocycles. The maximum Gasteiger partial charge on any atom is 0.333 e. The Hall–Kier alpha value is -2.61. The molecule has 0 saturated heterocycles. The smallest absolute Gasteiger partial charge is 0.333 e. The molecule has 0 aliphatic rings.